The molecule has 11 heteroatoms. The minimum Gasteiger partial charge on any atom is -0.481 e. The van der Waals surface area contributed by atoms with Crippen molar-refractivity contribution in [1.82, 2.24) is 0 Å². The van der Waals surface area contributed by atoms with Gasteiger partial charge in [-0.15, -0.1) is 0 Å². The molecule has 304 valence electrons. The molecule has 0 radical (unpaired) electrons. The third kappa shape index (κ3) is 6.99. The molecular weight excluding hydrogens is 692 g/mol. The van der Waals surface area contributed by atoms with Gasteiger partial charge in [-0.25, -0.2) is 0 Å². The van der Waals surface area contributed by atoms with Crippen LogP contribution < -0.4 is 0 Å². The molecule has 4 bridgehead atoms. The Morgan fingerprint density at radius 1 is 0.796 bits per heavy atom. The Kier molecular flexibility index (Phi) is 10.4. The standard InChI is InChI=1S/C43H66O11/c1-12-40(7,34(45)46)21-42(9,36(48)53-38(2,3)4)22-41(8,37(49)54-43(10)18-23-16-29(43)25-15-13-14-24(23)25)20-39(5,6)35(47)52-32-27-17-26(31(32)50-11)28-19-51-33(44)30(27)28/h23-32H,12-22H2,1-11H3,(H,45,46). The molecular formula is C43H66O11. The lowest BCUT2D eigenvalue weighted by Gasteiger charge is -2.46. The van der Waals surface area contributed by atoms with E-state index < -0.39 is 62.8 Å². The van der Waals surface area contributed by atoms with Gasteiger partial charge in [-0.1, -0.05) is 13.3 Å². The van der Waals surface area contributed by atoms with E-state index in [0.717, 1.165) is 19.3 Å². The Labute approximate surface area is 321 Å². The van der Waals surface area contributed by atoms with Gasteiger partial charge in [0.05, 0.1) is 40.3 Å². The van der Waals surface area contributed by atoms with Gasteiger partial charge < -0.3 is 28.8 Å². The molecule has 0 amide bonds. The smallest absolute Gasteiger partial charge is 0.312 e. The molecule has 6 aliphatic rings. The zero-order valence-electron chi connectivity index (χ0n) is 34.6. The maximum absolute atomic E-state index is 15.0. The molecule has 5 aliphatic carbocycles. The predicted molar refractivity (Wildman–Crippen MR) is 197 cm³/mol. The predicted octanol–water partition coefficient (Wildman–Crippen LogP) is 7.16. The first-order valence-electron chi connectivity index (χ1n) is 20.5. The van der Waals surface area contributed by atoms with Gasteiger partial charge in [0, 0.05) is 24.9 Å². The molecule has 14 unspecified atom stereocenters. The van der Waals surface area contributed by atoms with Gasteiger partial charge in [0.25, 0.3) is 0 Å². The highest BCUT2D eigenvalue weighted by molar-refractivity contribution is 5.84. The number of hydrogen-bond acceptors (Lipinski definition) is 10. The van der Waals surface area contributed by atoms with Crippen LogP contribution in [0.1, 0.15) is 133 Å². The number of methoxy groups -OCH3 is 1. The summed E-state index contributed by atoms with van der Waals surface area (Å²) in [6.45, 7) is 18.0. The van der Waals surface area contributed by atoms with E-state index in [4.69, 9.17) is 23.7 Å². The van der Waals surface area contributed by atoms with Gasteiger partial charge in [-0.05, 0) is 144 Å². The molecule has 0 spiro atoms. The van der Waals surface area contributed by atoms with Crippen LogP contribution in [0.5, 0.6) is 0 Å². The lowest BCUT2D eigenvalue weighted by Crippen LogP contribution is -2.51. The topological polar surface area (TPSA) is 152 Å². The number of cyclic esters (lactones) is 1. The summed E-state index contributed by atoms with van der Waals surface area (Å²) in [6.07, 6.45) is 5.12. The fourth-order valence-electron chi connectivity index (χ4n) is 12.8. The number of aliphatic carboxylic acids is 1. The van der Waals surface area contributed by atoms with Gasteiger partial charge in [0.2, 0.25) is 0 Å². The molecule has 5 saturated carbocycles. The van der Waals surface area contributed by atoms with Crippen molar-refractivity contribution in [2.24, 2.45) is 69.0 Å². The molecule has 6 fully saturated rings. The van der Waals surface area contributed by atoms with Gasteiger partial charge in [-0.3, -0.25) is 24.0 Å². The molecule has 6 rings (SSSR count). The molecule has 0 aromatic rings. The van der Waals surface area contributed by atoms with Crippen molar-refractivity contribution in [2.45, 2.75) is 157 Å². The molecule has 1 saturated heterocycles. The van der Waals surface area contributed by atoms with E-state index in [1.54, 1.807) is 69.4 Å². The average Bonchev–Trinajstić information content (AvgIpc) is 3.89. The highest BCUT2D eigenvalue weighted by Gasteiger charge is 2.66. The van der Waals surface area contributed by atoms with Crippen molar-refractivity contribution in [3.05, 3.63) is 0 Å². The second kappa shape index (κ2) is 13.8. The van der Waals surface area contributed by atoms with Crippen molar-refractivity contribution < 1.29 is 52.8 Å². The van der Waals surface area contributed by atoms with Gasteiger partial charge in [0.1, 0.15) is 17.3 Å². The zero-order valence-corrected chi connectivity index (χ0v) is 34.6. The van der Waals surface area contributed by atoms with Crippen LogP contribution in [-0.4, -0.2) is 72.1 Å². The lowest BCUT2D eigenvalue weighted by molar-refractivity contribution is -0.190. The minimum atomic E-state index is -1.44. The molecule has 11 nitrogen and oxygen atoms in total. The van der Waals surface area contributed by atoms with Crippen molar-refractivity contribution in [1.29, 1.82) is 0 Å². The van der Waals surface area contributed by atoms with E-state index in [-0.39, 0.29) is 67.3 Å². The number of carboxylic acid groups (broad SMARTS) is 1. The fourth-order valence-corrected chi connectivity index (χ4v) is 12.8. The number of carbonyl (C=O) groups is 5. The van der Waals surface area contributed by atoms with Crippen LogP contribution in [0.15, 0.2) is 0 Å². The van der Waals surface area contributed by atoms with Crippen LogP contribution in [0.4, 0.5) is 0 Å². The highest BCUT2D eigenvalue weighted by Crippen LogP contribution is 2.64. The summed E-state index contributed by atoms with van der Waals surface area (Å²) >= 11 is 0. The van der Waals surface area contributed by atoms with Crippen molar-refractivity contribution >= 4 is 29.8 Å². The van der Waals surface area contributed by atoms with Crippen molar-refractivity contribution in [3.63, 3.8) is 0 Å². The Bertz CT molecular complexity index is 1530. The number of fused-ring (bicyclic) bond motifs is 10. The zero-order chi connectivity index (χ0) is 40.0. The summed E-state index contributed by atoms with van der Waals surface area (Å²) < 4.78 is 30.3. The first-order valence-corrected chi connectivity index (χ1v) is 20.5. The Hall–Kier alpha value is -2.69. The monoisotopic (exact) mass is 758 g/mol. The minimum absolute atomic E-state index is 0.0330. The summed E-state index contributed by atoms with van der Waals surface area (Å²) in [5.74, 6) is -1.41. The summed E-state index contributed by atoms with van der Waals surface area (Å²) in [7, 11) is 1.60. The van der Waals surface area contributed by atoms with Crippen molar-refractivity contribution in [2.75, 3.05) is 13.7 Å². The molecule has 0 aromatic carbocycles. The number of hydrogen-bond donors (Lipinski definition) is 1. The molecule has 1 aliphatic heterocycles. The van der Waals surface area contributed by atoms with E-state index >= 15 is 4.79 Å². The SMILES string of the molecule is CCC(C)(CC(C)(CC(C)(CC(C)(C)C(=O)OC1C2CC(C3COC(=O)C32)C1OC)C(=O)OC1(C)CC2CC1C1CCCC21)C(=O)OC(C)(C)C)C(=O)O. The molecule has 1 N–H and O–H groups in total. The van der Waals surface area contributed by atoms with Crippen LogP contribution in [0.3, 0.4) is 0 Å². The number of rotatable bonds is 14. The van der Waals surface area contributed by atoms with E-state index in [9.17, 15) is 24.3 Å². The van der Waals surface area contributed by atoms with Crippen LogP contribution >= 0.6 is 0 Å². The van der Waals surface area contributed by atoms with E-state index in [1.807, 2.05) is 0 Å². The third-order valence-corrected chi connectivity index (χ3v) is 15.1. The highest BCUT2D eigenvalue weighted by atomic mass is 16.6. The first kappa shape index (κ1) is 41.0. The molecule has 1 heterocycles. The summed E-state index contributed by atoms with van der Waals surface area (Å²) in [4.78, 5) is 69.2. The fraction of sp³-hybridized carbons (Fsp3) is 0.884. The normalized spacial score (nSPS) is 38.5. The first-order chi connectivity index (χ1) is 24.9. The quantitative estimate of drug-likeness (QED) is 0.142. The Balaban J connectivity index is 1.32. The maximum Gasteiger partial charge on any atom is 0.312 e. The largest absolute Gasteiger partial charge is 0.481 e. The molecule has 0 aromatic heterocycles. The van der Waals surface area contributed by atoms with Gasteiger partial charge in [-0.2, -0.15) is 0 Å². The number of ether oxygens (including phenoxy) is 5. The number of carboxylic acids is 1. The van der Waals surface area contributed by atoms with Gasteiger partial charge in [0.15, 0.2) is 0 Å². The van der Waals surface area contributed by atoms with E-state index in [2.05, 4.69) is 6.92 Å². The summed E-state index contributed by atoms with van der Waals surface area (Å²) in [5, 5.41) is 10.4. The lowest BCUT2D eigenvalue weighted by atomic mass is 9.61. The second-order valence-corrected chi connectivity index (χ2v) is 21.0. The van der Waals surface area contributed by atoms with Crippen LogP contribution in [0.2, 0.25) is 0 Å². The third-order valence-electron chi connectivity index (χ3n) is 15.1. The summed E-state index contributed by atoms with van der Waals surface area (Å²) in [6, 6.07) is 0. The Morgan fingerprint density at radius 3 is 2.04 bits per heavy atom. The van der Waals surface area contributed by atoms with E-state index in [1.165, 1.54) is 12.8 Å². The average molecular weight is 759 g/mol. The summed E-state index contributed by atoms with van der Waals surface area (Å²) in [5.41, 5.74) is -6.99. The van der Waals surface area contributed by atoms with Crippen molar-refractivity contribution in [3.8, 4) is 0 Å². The van der Waals surface area contributed by atoms with Crippen LogP contribution in [-0.2, 0) is 47.7 Å². The van der Waals surface area contributed by atoms with Crippen LogP contribution in [0, 0.1) is 69.0 Å². The Morgan fingerprint density at radius 2 is 1.43 bits per heavy atom. The molecule has 54 heavy (non-hydrogen) atoms. The van der Waals surface area contributed by atoms with Crippen LogP contribution in [0.25, 0.3) is 0 Å². The molecule has 14 atom stereocenters. The van der Waals surface area contributed by atoms with E-state index in [0.29, 0.717) is 30.8 Å². The number of carbonyl (C=O) groups excluding carboxylic acids is 4. The maximum atomic E-state index is 15.0. The number of esters is 4. The van der Waals surface area contributed by atoms with Gasteiger partial charge >= 0.3 is 29.8 Å². The second-order valence-electron chi connectivity index (χ2n) is 21.0.